The molecule has 1 fully saturated rings. The van der Waals surface area contributed by atoms with E-state index in [2.05, 4.69) is 30.1 Å². The number of nitrogen functional groups attached to an aromatic ring is 1. The Labute approximate surface area is 256 Å². The zero-order valence-corrected chi connectivity index (χ0v) is 25.6. The Morgan fingerprint density at radius 3 is 2.71 bits per heavy atom. The fraction of sp³-hybridized carbons (Fsp3) is 0.407. The normalized spacial score (nSPS) is 23.7. The van der Waals surface area contributed by atoms with Crippen LogP contribution in [0.15, 0.2) is 60.2 Å². The lowest BCUT2D eigenvalue weighted by atomic mass is 10.1. The van der Waals surface area contributed by atoms with Gasteiger partial charge in [-0.25, -0.2) is 19.5 Å². The molecule has 6 atom stereocenters. The lowest BCUT2D eigenvalue weighted by molar-refractivity contribution is -0.156. The minimum Gasteiger partial charge on any atom is -0.459 e. The molecule has 17 nitrogen and oxygen atoms in total. The van der Waals surface area contributed by atoms with Crippen molar-refractivity contribution in [3.63, 3.8) is 0 Å². The zero-order valence-electron chi connectivity index (χ0n) is 24.7. The maximum Gasteiger partial charge on any atom is 0.459 e. The Morgan fingerprint density at radius 2 is 1.98 bits per heavy atom. The van der Waals surface area contributed by atoms with Gasteiger partial charge in [-0.05, 0) is 44.7 Å². The highest BCUT2D eigenvalue weighted by atomic mass is 31.2. The van der Waals surface area contributed by atoms with Crippen LogP contribution in [0.5, 0.6) is 5.75 Å². The van der Waals surface area contributed by atoms with Crippen LogP contribution < -0.4 is 15.3 Å². The molecule has 5 N–H and O–H groups in total. The second-order valence-electron chi connectivity index (χ2n) is 11.3. The summed E-state index contributed by atoms with van der Waals surface area (Å²) >= 11 is 0. The molecule has 1 aliphatic rings. The van der Waals surface area contributed by atoms with Crippen LogP contribution in [0, 0.1) is 0 Å². The number of hydrogen-bond donors (Lipinski definition) is 4. The molecule has 2 unspecified atom stereocenters. The van der Waals surface area contributed by atoms with Crippen LogP contribution >= 0.6 is 7.75 Å². The monoisotopic (exact) mass is 641 g/mol. The number of imidazole rings is 1. The number of aliphatic hydroxyl groups excluding tert-OH is 2. The van der Waals surface area contributed by atoms with Gasteiger partial charge in [0.2, 0.25) is 5.72 Å². The number of fused-ring (bicyclic) bond motifs is 2. The van der Waals surface area contributed by atoms with Gasteiger partial charge in [0.1, 0.15) is 41.4 Å². The Bertz CT molecular complexity index is 1820. The van der Waals surface area contributed by atoms with Crippen LogP contribution in [0.1, 0.15) is 33.9 Å². The number of benzene rings is 2. The number of carbonyl (C=O) groups excluding carboxylic acids is 1. The van der Waals surface area contributed by atoms with E-state index < -0.39 is 56.1 Å². The first-order chi connectivity index (χ1) is 21.3. The number of azide groups is 1. The number of hydrogen-bond acceptors (Lipinski definition) is 13. The van der Waals surface area contributed by atoms with Crippen molar-refractivity contribution >= 4 is 41.5 Å². The van der Waals surface area contributed by atoms with Crippen LogP contribution in [-0.2, 0) is 23.4 Å². The fourth-order valence-electron chi connectivity index (χ4n) is 4.71. The number of ether oxygens (including phenoxy) is 2. The van der Waals surface area contributed by atoms with Crippen molar-refractivity contribution < 1.29 is 38.1 Å². The van der Waals surface area contributed by atoms with E-state index >= 15 is 0 Å². The van der Waals surface area contributed by atoms with Crippen LogP contribution in [0.4, 0.5) is 5.82 Å². The van der Waals surface area contributed by atoms with Gasteiger partial charge < -0.3 is 29.9 Å². The number of rotatable bonds is 10. The molecule has 0 spiro atoms. The molecule has 0 bridgehead atoms. The predicted molar refractivity (Wildman–Crippen MR) is 160 cm³/mol. The third-order valence-electron chi connectivity index (χ3n) is 6.80. The van der Waals surface area contributed by atoms with Gasteiger partial charge >= 0.3 is 13.7 Å². The number of esters is 1. The Morgan fingerprint density at radius 1 is 1.24 bits per heavy atom. The third kappa shape index (κ3) is 6.55. The Kier molecular flexibility index (Phi) is 8.70. The molecule has 2 aromatic carbocycles. The summed E-state index contributed by atoms with van der Waals surface area (Å²) in [5, 5.41) is 29.7. The zero-order chi connectivity index (χ0) is 32.6. The molecule has 2 aromatic heterocycles. The number of carbonyl (C=O) groups is 1. The van der Waals surface area contributed by atoms with Gasteiger partial charge in [0.15, 0.2) is 17.7 Å². The molecule has 1 saturated heterocycles. The Hall–Kier alpha value is -4.34. The van der Waals surface area contributed by atoms with E-state index in [1.165, 1.54) is 24.1 Å². The summed E-state index contributed by atoms with van der Waals surface area (Å²) in [6, 6.07) is 11.0. The van der Waals surface area contributed by atoms with E-state index in [1.807, 2.05) is 18.2 Å². The lowest BCUT2D eigenvalue weighted by Crippen LogP contribution is -2.46. The third-order valence-corrected chi connectivity index (χ3v) is 8.41. The maximum atomic E-state index is 14.4. The average Bonchev–Trinajstić information content (AvgIpc) is 3.52. The highest BCUT2D eigenvalue weighted by Crippen LogP contribution is 2.49. The average molecular weight is 642 g/mol. The van der Waals surface area contributed by atoms with Crippen LogP contribution in [0.2, 0.25) is 0 Å². The topological polar surface area (TPSA) is 242 Å². The summed E-state index contributed by atoms with van der Waals surface area (Å²) in [6.45, 7) is 5.53. The number of nitrogens with one attached hydrogen (secondary N) is 1. The van der Waals surface area contributed by atoms with Gasteiger partial charge in [-0.2, -0.15) is 5.09 Å². The van der Waals surface area contributed by atoms with E-state index in [4.69, 9.17) is 24.3 Å². The second kappa shape index (κ2) is 12.2. The minimum absolute atomic E-state index is 0.0631. The van der Waals surface area contributed by atoms with Crippen molar-refractivity contribution in [1.82, 2.24) is 24.6 Å². The first-order valence-corrected chi connectivity index (χ1v) is 15.3. The highest BCUT2D eigenvalue weighted by molar-refractivity contribution is 7.52. The Balaban J connectivity index is 1.47. The number of aliphatic hydroxyl groups is 2. The minimum atomic E-state index is -4.57. The molecule has 1 aliphatic heterocycles. The summed E-state index contributed by atoms with van der Waals surface area (Å²) < 4.78 is 38.6. The molecule has 0 amide bonds. The molecule has 3 heterocycles. The number of anilines is 1. The van der Waals surface area contributed by atoms with Crippen molar-refractivity contribution in [2.45, 2.75) is 63.5 Å². The predicted octanol–water partition coefficient (Wildman–Crippen LogP) is 3.34. The van der Waals surface area contributed by atoms with E-state index in [0.717, 1.165) is 5.39 Å². The van der Waals surface area contributed by atoms with E-state index in [9.17, 15) is 25.1 Å². The fourth-order valence-corrected chi connectivity index (χ4v) is 6.24. The van der Waals surface area contributed by atoms with Crippen molar-refractivity contribution in [3.8, 4) is 5.75 Å². The molecule has 5 rings (SSSR count). The van der Waals surface area contributed by atoms with Crippen LogP contribution in [0.3, 0.4) is 0 Å². The van der Waals surface area contributed by atoms with Crippen molar-refractivity contribution in [2.75, 3.05) is 12.3 Å². The largest absolute Gasteiger partial charge is 0.459 e. The van der Waals surface area contributed by atoms with E-state index in [1.54, 1.807) is 45.0 Å². The standard InChI is InChI=1S/C27H32N9O8P/c1-15(25(39)43-26(2,3)4)33-45(40,44-18-11-7-9-16-8-5-6-10-17(16)18)41-12-27(34-35-29)21(38)20(37)24(42-27)36-14-32-19-22(28)30-13-31-23(19)36/h5-11,13-15,20-21,24,37-38H,12H2,1-4H3,(H,33,40)(H2,28,30,31)/t15-,20+,21-,24+,27?,45?/m0/s1. The molecule has 0 radical (unpaired) electrons. The van der Waals surface area contributed by atoms with E-state index in [-0.39, 0.29) is 22.7 Å². The van der Waals surface area contributed by atoms with Crippen LogP contribution in [0.25, 0.3) is 32.4 Å². The van der Waals surface area contributed by atoms with E-state index in [0.29, 0.717) is 5.39 Å². The quantitative estimate of drug-likeness (QED) is 0.0639. The van der Waals surface area contributed by atoms with Gasteiger partial charge in [-0.1, -0.05) is 41.5 Å². The number of aromatic nitrogens is 4. The SMILES string of the molecule is C[C@H](NP(=O)(OCC1(N=[N+]=[N-])O[C@@H](n2cnc3c(N)ncnc32)[C@H](O)[C@@H]1O)Oc1cccc2ccccc12)C(=O)OC(C)(C)C. The summed E-state index contributed by atoms with van der Waals surface area (Å²) in [4.78, 5) is 27.7. The molecule has 18 heteroatoms. The number of nitrogens with two attached hydrogens (primary N) is 1. The summed E-state index contributed by atoms with van der Waals surface area (Å²) in [6.07, 6.45) is -2.58. The summed E-state index contributed by atoms with van der Waals surface area (Å²) in [5.74, 6) is -0.544. The first-order valence-electron chi connectivity index (χ1n) is 13.7. The molecule has 0 aliphatic carbocycles. The molecular weight excluding hydrogens is 609 g/mol. The van der Waals surface area contributed by atoms with Gasteiger partial charge in [-0.3, -0.25) is 13.9 Å². The molecule has 238 valence electrons. The van der Waals surface area contributed by atoms with Gasteiger partial charge in [-0.15, -0.1) is 0 Å². The second-order valence-corrected chi connectivity index (χ2v) is 13.0. The van der Waals surface area contributed by atoms with Gasteiger partial charge in [0, 0.05) is 10.3 Å². The molecular formula is C27H32N9O8P. The summed E-state index contributed by atoms with van der Waals surface area (Å²) in [7, 11) is -4.57. The first kappa shape index (κ1) is 32.1. The smallest absolute Gasteiger partial charge is 0.459 e. The molecule has 4 aromatic rings. The maximum absolute atomic E-state index is 14.4. The van der Waals surface area contributed by atoms with Crippen molar-refractivity contribution in [3.05, 3.63) is 65.6 Å². The van der Waals surface area contributed by atoms with Gasteiger partial charge in [0.05, 0.1) is 12.9 Å². The highest BCUT2D eigenvalue weighted by Gasteiger charge is 2.56. The number of nitrogens with zero attached hydrogens (tertiary/aromatic N) is 7. The van der Waals surface area contributed by atoms with Gasteiger partial charge in [0.25, 0.3) is 0 Å². The molecule has 0 saturated carbocycles. The van der Waals surface area contributed by atoms with Crippen molar-refractivity contribution in [1.29, 1.82) is 0 Å². The van der Waals surface area contributed by atoms with Crippen molar-refractivity contribution in [2.24, 2.45) is 5.11 Å². The molecule has 45 heavy (non-hydrogen) atoms. The summed E-state index contributed by atoms with van der Waals surface area (Å²) in [5.41, 5.74) is 12.5. The van der Waals surface area contributed by atoms with Crippen LogP contribution in [-0.4, -0.2) is 71.9 Å². The lowest BCUT2D eigenvalue weighted by Gasteiger charge is -2.30.